The number of hydrogen-bond donors (Lipinski definition) is 0. The van der Waals surface area contributed by atoms with Gasteiger partial charge in [-0.1, -0.05) is 0 Å². The maximum absolute atomic E-state index is 2.28. The van der Waals surface area contributed by atoms with Gasteiger partial charge in [0.15, 0.2) is 0 Å². The summed E-state index contributed by atoms with van der Waals surface area (Å²) >= 11 is 1.72. The molecule has 13 heavy (non-hydrogen) atoms. The van der Waals surface area contributed by atoms with Crippen LogP contribution < -0.4 is 0 Å². The summed E-state index contributed by atoms with van der Waals surface area (Å²) in [6.07, 6.45) is 14.7. The van der Waals surface area contributed by atoms with Gasteiger partial charge in [-0.3, -0.25) is 0 Å². The summed E-state index contributed by atoms with van der Waals surface area (Å²) in [5, 5.41) is 0. The molecular weight excluding hydrogens is 263 g/mol. The van der Waals surface area contributed by atoms with Crippen molar-refractivity contribution in [3.8, 4) is 0 Å². The average molecular weight is 288 g/mol. The normalized spacial score (nSPS) is 10.7. The van der Waals surface area contributed by atoms with Crippen LogP contribution in [0.3, 0.4) is 0 Å². The molecule has 0 atom stereocenters. The second kappa shape index (κ2) is 12.8. The molecule has 0 unspecified atom stereocenters. The molecule has 0 aliphatic heterocycles. The van der Waals surface area contributed by atoms with Crippen molar-refractivity contribution in [1.29, 1.82) is 0 Å². The van der Waals surface area contributed by atoms with Crippen LogP contribution in [0.4, 0.5) is 0 Å². The van der Waals surface area contributed by atoms with Crippen molar-refractivity contribution in [1.82, 2.24) is 0 Å². The molecule has 0 aromatic rings. The van der Waals surface area contributed by atoms with Crippen molar-refractivity contribution in [2.24, 2.45) is 0 Å². The second-order valence-electron chi connectivity index (χ2n) is 3.93. The van der Waals surface area contributed by atoms with Crippen LogP contribution in [0.5, 0.6) is 0 Å². The van der Waals surface area contributed by atoms with Crippen LogP contribution in [0.25, 0.3) is 0 Å². The van der Waals surface area contributed by atoms with Crippen LogP contribution in [-0.4, -0.2) is 22.5 Å². The van der Waals surface area contributed by atoms with Gasteiger partial charge in [-0.15, -0.1) is 0 Å². The van der Waals surface area contributed by atoms with E-state index in [1.807, 2.05) is 0 Å². The first-order valence-electron chi connectivity index (χ1n) is 6.06. The molecular formula is C12H25Sn+3. The molecule has 0 rings (SSSR count). The molecule has 0 amide bonds. The summed E-state index contributed by atoms with van der Waals surface area (Å²) in [5.74, 6) is 0. The average Bonchev–Trinajstić information content (AvgIpc) is 2.16. The molecule has 0 bridgehead atoms. The van der Waals surface area contributed by atoms with E-state index in [-0.39, 0.29) is 0 Å². The Hall–Kier alpha value is 0.799. The van der Waals surface area contributed by atoms with E-state index in [1.165, 1.54) is 68.6 Å². The first-order chi connectivity index (χ1) is 6.41. The van der Waals surface area contributed by atoms with E-state index in [0.29, 0.717) is 0 Å². The fourth-order valence-electron chi connectivity index (χ4n) is 1.61. The molecule has 0 saturated carbocycles. The monoisotopic (exact) mass is 289 g/mol. The Morgan fingerprint density at radius 3 is 1.38 bits per heavy atom. The van der Waals surface area contributed by atoms with Gasteiger partial charge in [-0.25, -0.2) is 0 Å². The van der Waals surface area contributed by atoms with Gasteiger partial charge in [0.05, 0.1) is 0 Å². The summed E-state index contributed by atoms with van der Waals surface area (Å²) in [6, 6.07) is 0. The van der Waals surface area contributed by atoms with Gasteiger partial charge in [0.1, 0.15) is 0 Å². The summed E-state index contributed by atoms with van der Waals surface area (Å²) in [6.45, 7) is 2.28. The quantitative estimate of drug-likeness (QED) is 0.410. The summed E-state index contributed by atoms with van der Waals surface area (Å²) in [4.78, 5) is 0. The Morgan fingerprint density at radius 2 is 1.00 bits per heavy atom. The molecule has 1 heteroatoms. The molecule has 74 valence electrons. The van der Waals surface area contributed by atoms with Gasteiger partial charge in [0.25, 0.3) is 0 Å². The van der Waals surface area contributed by atoms with Gasteiger partial charge in [-0.2, -0.15) is 0 Å². The summed E-state index contributed by atoms with van der Waals surface area (Å²) in [7, 11) is 0. The third-order valence-corrected chi connectivity index (χ3v) is 3.54. The van der Waals surface area contributed by atoms with Crippen molar-refractivity contribution < 1.29 is 0 Å². The number of rotatable bonds is 10. The molecule has 0 radical (unpaired) electrons. The Kier molecular flexibility index (Phi) is 13.6. The van der Waals surface area contributed by atoms with Gasteiger partial charge in [-0.05, 0) is 0 Å². The molecule has 0 aliphatic rings. The molecule has 0 spiro atoms. The van der Waals surface area contributed by atoms with Crippen LogP contribution in [0.15, 0.2) is 0 Å². The molecule has 0 aromatic carbocycles. The van der Waals surface area contributed by atoms with E-state index in [4.69, 9.17) is 0 Å². The predicted molar refractivity (Wildman–Crippen MR) is 62.4 cm³/mol. The van der Waals surface area contributed by atoms with E-state index in [9.17, 15) is 0 Å². The zero-order valence-corrected chi connectivity index (χ0v) is 12.1. The molecule has 0 fully saturated rings. The van der Waals surface area contributed by atoms with Gasteiger partial charge < -0.3 is 0 Å². The van der Waals surface area contributed by atoms with Crippen molar-refractivity contribution in [2.75, 3.05) is 0 Å². The second-order valence-corrected chi connectivity index (χ2v) is 5.36. The van der Waals surface area contributed by atoms with Crippen molar-refractivity contribution in [3.63, 3.8) is 0 Å². The molecule has 0 aliphatic carbocycles. The Labute approximate surface area is 98.0 Å². The van der Waals surface area contributed by atoms with Crippen molar-refractivity contribution in [2.45, 2.75) is 75.6 Å². The summed E-state index contributed by atoms with van der Waals surface area (Å²) in [5.41, 5.74) is 0. The van der Waals surface area contributed by atoms with Crippen LogP contribution >= 0.6 is 0 Å². The first-order valence-corrected chi connectivity index (χ1v) is 8.08. The zero-order valence-electron chi connectivity index (χ0n) is 9.28. The van der Waals surface area contributed by atoms with Crippen LogP contribution in [0.1, 0.15) is 71.1 Å². The SMILES string of the molecule is CCCCCCCCCCC[CH2][Sn+3]. The molecule has 0 heterocycles. The fraction of sp³-hybridized carbons (Fsp3) is 1.00. The van der Waals surface area contributed by atoms with Gasteiger partial charge >= 0.3 is 98.1 Å². The fourth-order valence-corrected chi connectivity index (χ4v) is 2.33. The van der Waals surface area contributed by atoms with Gasteiger partial charge in [0, 0.05) is 0 Å². The molecule has 0 nitrogen and oxygen atoms in total. The predicted octanol–water partition coefficient (Wildman–Crippen LogP) is 4.49. The first kappa shape index (κ1) is 13.8. The van der Waals surface area contributed by atoms with E-state index >= 15 is 0 Å². The van der Waals surface area contributed by atoms with Crippen molar-refractivity contribution >= 4 is 22.5 Å². The molecule has 0 saturated heterocycles. The third-order valence-electron chi connectivity index (χ3n) is 2.53. The van der Waals surface area contributed by atoms with Crippen molar-refractivity contribution in [3.05, 3.63) is 0 Å². The number of hydrogen-bond acceptors (Lipinski definition) is 0. The van der Waals surface area contributed by atoms with E-state index in [2.05, 4.69) is 6.92 Å². The molecule has 0 aromatic heterocycles. The third kappa shape index (κ3) is 12.8. The zero-order chi connectivity index (χ0) is 9.78. The summed E-state index contributed by atoms with van der Waals surface area (Å²) < 4.78 is 1.46. The Morgan fingerprint density at radius 1 is 0.615 bits per heavy atom. The van der Waals surface area contributed by atoms with E-state index < -0.39 is 0 Å². The number of unbranched alkanes of at least 4 members (excludes halogenated alkanes) is 9. The standard InChI is InChI=1S/C12H25.Sn/c1-3-5-7-9-11-12-10-8-6-4-2;/h1,3-12H2,2H3;/q;+3. The minimum absolute atomic E-state index is 1.37. The van der Waals surface area contributed by atoms with Crippen LogP contribution in [0, 0.1) is 0 Å². The Bertz CT molecular complexity index is 71.2. The minimum atomic E-state index is 1.37. The molecule has 0 N–H and O–H groups in total. The van der Waals surface area contributed by atoms with Gasteiger partial charge in [0.2, 0.25) is 0 Å². The van der Waals surface area contributed by atoms with E-state index in [0.717, 1.165) is 0 Å². The van der Waals surface area contributed by atoms with Crippen LogP contribution in [-0.2, 0) is 0 Å². The van der Waals surface area contributed by atoms with Crippen LogP contribution in [0.2, 0.25) is 4.44 Å². The topological polar surface area (TPSA) is 0 Å². The maximum atomic E-state index is 2.28. The Balaban J connectivity index is 2.76. The van der Waals surface area contributed by atoms with E-state index in [1.54, 1.807) is 22.5 Å².